The normalized spacial score (nSPS) is 21.5. The first-order chi connectivity index (χ1) is 9.02. The molecule has 0 saturated carbocycles. The van der Waals surface area contributed by atoms with Crippen molar-refractivity contribution in [1.29, 1.82) is 0 Å². The van der Waals surface area contributed by atoms with Gasteiger partial charge in [-0.05, 0) is 32.9 Å². The van der Waals surface area contributed by atoms with E-state index in [1.807, 2.05) is 19.2 Å². The monoisotopic (exact) mass is 263 g/mol. The third-order valence-electron chi connectivity index (χ3n) is 4.09. The molecule has 2 rings (SSSR count). The maximum atomic E-state index is 11.0. The van der Waals surface area contributed by atoms with Crippen LogP contribution in [0.2, 0.25) is 0 Å². The molecule has 1 aliphatic heterocycles. The average Bonchev–Trinajstić information content (AvgIpc) is 2.87. The minimum absolute atomic E-state index is 0.216. The van der Waals surface area contributed by atoms with Crippen LogP contribution in [-0.2, 0) is 0 Å². The fourth-order valence-electron chi connectivity index (χ4n) is 2.67. The number of likely N-dealkylation sites (tertiary alicyclic amines) is 1. The third kappa shape index (κ3) is 2.93. The topological polar surface area (TPSA) is 58.4 Å². The summed E-state index contributed by atoms with van der Waals surface area (Å²) in [5, 5.41) is 14.3. The van der Waals surface area contributed by atoms with Crippen LogP contribution in [0.3, 0.4) is 0 Å². The van der Waals surface area contributed by atoms with Gasteiger partial charge in [0.2, 0.25) is 0 Å². The molecule has 1 aromatic carbocycles. The maximum absolute atomic E-state index is 11.0. The summed E-state index contributed by atoms with van der Waals surface area (Å²) >= 11 is 0. The van der Waals surface area contributed by atoms with Crippen LogP contribution in [0.25, 0.3) is 0 Å². The van der Waals surface area contributed by atoms with Crippen LogP contribution in [0.15, 0.2) is 18.2 Å². The van der Waals surface area contributed by atoms with Gasteiger partial charge in [0.1, 0.15) is 0 Å². The first-order valence-corrected chi connectivity index (χ1v) is 6.69. The standard InChI is InChI=1S/C14H21N3O2/c1-10-4-5-12(8-14(10)17(18)19)11(2)16-7-6-13(9-16)15-3/h4-5,8,11,13,15H,6-7,9H2,1-3H3. The Bertz CT molecular complexity index is 476. The third-order valence-corrected chi connectivity index (χ3v) is 4.09. The summed E-state index contributed by atoms with van der Waals surface area (Å²) in [4.78, 5) is 13.1. The van der Waals surface area contributed by atoms with E-state index in [9.17, 15) is 10.1 Å². The van der Waals surface area contributed by atoms with Gasteiger partial charge >= 0.3 is 0 Å². The SMILES string of the molecule is CNC1CCN(C(C)c2ccc(C)c([N+](=O)[O-])c2)C1. The molecule has 1 saturated heterocycles. The molecule has 0 aromatic heterocycles. The number of nitrogens with one attached hydrogen (secondary N) is 1. The maximum Gasteiger partial charge on any atom is 0.272 e. The molecule has 1 heterocycles. The molecule has 5 heteroatoms. The number of rotatable bonds is 4. The zero-order chi connectivity index (χ0) is 14.0. The van der Waals surface area contributed by atoms with Crippen molar-refractivity contribution in [2.24, 2.45) is 0 Å². The minimum atomic E-state index is -0.300. The first-order valence-electron chi connectivity index (χ1n) is 6.69. The number of hydrogen-bond donors (Lipinski definition) is 1. The Morgan fingerprint density at radius 2 is 2.26 bits per heavy atom. The number of nitro groups is 1. The minimum Gasteiger partial charge on any atom is -0.316 e. The molecule has 0 spiro atoms. The smallest absolute Gasteiger partial charge is 0.272 e. The lowest BCUT2D eigenvalue weighted by molar-refractivity contribution is -0.385. The summed E-state index contributed by atoms with van der Waals surface area (Å²) in [6.07, 6.45) is 1.13. The van der Waals surface area contributed by atoms with Gasteiger partial charge in [-0.25, -0.2) is 0 Å². The zero-order valence-electron chi connectivity index (χ0n) is 11.7. The van der Waals surface area contributed by atoms with E-state index in [4.69, 9.17) is 0 Å². The molecule has 1 N–H and O–H groups in total. The molecule has 0 aliphatic carbocycles. The van der Waals surface area contributed by atoms with Crippen molar-refractivity contribution < 1.29 is 4.92 Å². The Morgan fingerprint density at radius 1 is 1.53 bits per heavy atom. The van der Waals surface area contributed by atoms with Gasteiger partial charge in [-0.2, -0.15) is 0 Å². The van der Waals surface area contributed by atoms with Crippen LogP contribution in [0, 0.1) is 17.0 Å². The molecule has 0 amide bonds. The molecule has 1 aromatic rings. The fraction of sp³-hybridized carbons (Fsp3) is 0.571. The van der Waals surface area contributed by atoms with E-state index in [1.165, 1.54) is 0 Å². The summed E-state index contributed by atoms with van der Waals surface area (Å²) in [5.41, 5.74) is 1.96. The summed E-state index contributed by atoms with van der Waals surface area (Å²) in [6, 6.07) is 6.31. The average molecular weight is 263 g/mol. The number of nitro benzene ring substituents is 1. The number of aryl methyl sites for hydroxylation is 1. The quantitative estimate of drug-likeness (QED) is 0.668. The second-order valence-corrected chi connectivity index (χ2v) is 5.25. The van der Waals surface area contributed by atoms with E-state index >= 15 is 0 Å². The van der Waals surface area contributed by atoms with Gasteiger partial charge in [-0.1, -0.05) is 12.1 Å². The highest BCUT2D eigenvalue weighted by molar-refractivity contribution is 5.43. The van der Waals surface area contributed by atoms with E-state index < -0.39 is 0 Å². The Hall–Kier alpha value is -1.46. The first kappa shape index (κ1) is 14.0. The Labute approximate surface area is 113 Å². The van der Waals surface area contributed by atoms with Gasteiger partial charge in [0.05, 0.1) is 4.92 Å². The lowest BCUT2D eigenvalue weighted by atomic mass is 10.0. The molecule has 0 bridgehead atoms. The Morgan fingerprint density at radius 3 is 2.84 bits per heavy atom. The van der Waals surface area contributed by atoms with E-state index in [0.29, 0.717) is 6.04 Å². The molecular formula is C14H21N3O2. The second-order valence-electron chi connectivity index (χ2n) is 5.25. The number of hydrogen-bond acceptors (Lipinski definition) is 4. The lowest BCUT2D eigenvalue weighted by Crippen LogP contribution is -2.31. The van der Waals surface area contributed by atoms with Crippen LogP contribution in [0.1, 0.15) is 30.5 Å². The van der Waals surface area contributed by atoms with Gasteiger partial charge in [-0.3, -0.25) is 15.0 Å². The van der Waals surface area contributed by atoms with Gasteiger partial charge in [0.25, 0.3) is 5.69 Å². The molecule has 5 nitrogen and oxygen atoms in total. The van der Waals surface area contributed by atoms with Crippen molar-refractivity contribution in [1.82, 2.24) is 10.2 Å². The van der Waals surface area contributed by atoms with E-state index in [0.717, 1.165) is 30.6 Å². The zero-order valence-corrected chi connectivity index (χ0v) is 11.7. The lowest BCUT2D eigenvalue weighted by Gasteiger charge is -2.24. The highest BCUT2D eigenvalue weighted by Crippen LogP contribution is 2.28. The van der Waals surface area contributed by atoms with E-state index in [-0.39, 0.29) is 16.7 Å². The highest BCUT2D eigenvalue weighted by Gasteiger charge is 2.26. The molecule has 1 aliphatic rings. The van der Waals surface area contributed by atoms with Crippen molar-refractivity contribution in [3.05, 3.63) is 39.4 Å². The Balaban J connectivity index is 2.18. The van der Waals surface area contributed by atoms with Crippen LogP contribution in [0.5, 0.6) is 0 Å². The van der Waals surface area contributed by atoms with E-state index in [2.05, 4.69) is 17.1 Å². The molecule has 1 fully saturated rings. The van der Waals surface area contributed by atoms with Crippen LogP contribution in [-0.4, -0.2) is 36.0 Å². The highest BCUT2D eigenvalue weighted by atomic mass is 16.6. The largest absolute Gasteiger partial charge is 0.316 e. The molecule has 0 radical (unpaired) electrons. The van der Waals surface area contributed by atoms with Crippen LogP contribution >= 0.6 is 0 Å². The molecule has 19 heavy (non-hydrogen) atoms. The summed E-state index contributed by atoms with van der Waals surface area (Å²) in [5.74, 6) is 0. The number of nitrogens with zero attached hydrogens (tertiary/aromatic N) is 2. The van der Waals surface area contributed by atoms with Gasteiger partial charge < -0.3 is 5.32 Å². The van der Waals surface area contributed by atoms with Gasteiger partial charge in [-0.15, -0.1) is 0 Å². The Kier molecular flexibility index (Phi) is 4.17. The molecule has 2 unspecified atom stereocenters. The predicted octanol–water partition coefficient (Wildman–Crippen LogP) is 2.26. The van der Waals surface area contributed by atoms with Crippen LogP contribution < -0.4 is 5.32 Å². The summed E-state index contributed by atoms with van der Waals surface area (Å²) in [7, 11) is 1.98. The predicted molar refractivity (Wildman–Crippen MR) is 75.3 cm³/mol. The van der Waals surface area contributed by atoms with Crippen LogP contribution in [0.4, 0.5) is 5.69 Å². The van der Waals surface area contributed by atoms with Crippen molar-refractivity contribution >= 4 is 5.69 Å². The summed E-state index contributed by atoms with van der Waals surface area (Å²) in [6.45, 7) is 5.93. The molecule has 2 atom stereocenters. The van der Waals surface area contributed by atoms with Crippen molar-refractivity contribution in [2.45, 2.75) is 32.4 Å². The second kappa shape index (κ2) is 5.67. The van der Waals surface area contributed by atoms with Crippen molar-refractivity contribution in [2.75, 3.05) is 20.1 Å². The molecular weight excluding hydrogens is 242 g/mol. The fourth-order valence-corrected chi connectivity index (χ4v) is 2.67. The van der Waals surface area contributed by atoms with Crippen molar-refractivity contribution in [3.8, 4) is 0 Å². The summed E-state index contributed by atoms with van der Waals surface area (Å²) < 4.78 is 0. The van der Waals surface area contributed by atoms with Crippen molar-refractivity contribution in [3.63, 3.8) is 0 Å². The van der Waals surface area contributed by atoms with Gasteiger partial charge in [0.15, 0.2) is 0 Å². The number of benzene rings is 1. The molecule has 104 valence electrons. The van der Waals surface area contributed by atoms with Gasteiger partial charge in [0, 0.05) is 36.8 Å². The van der Waals surface area contributed by atoms with E-state index in [1.54, 1.807) is 13.0 Å². The number of likely N-dealkylation sites (N-methyl/N-ethyl adjacent to an activating group) is 1.